The number of hydrogen-bond acceptors (Lipinski definition) is 5. The van der Waals surface area contributed by atoms with E-state index in [0.717, 1.165) is 12.5 Å². The van der Waals surface area contributed by atoms with Gasteiger partial charge in [-0.3, -0.25) is 4.79 Å². The average Bonchev–Trinajstić information content (AvgIpc) is 3.15. The number of nitrogens with one attached hydrogen (secondary N) is 1. The van der Waals surface area contributed by atoms with Crippen LogP contribution in [-0.4, -0.2) is 25.7 Å². The smallest absolute Gasteiger partial charge is 0.270 e. The first-order valence-electron chi connectivity index (χ1n) is 10.5. The van der Waals surface area contributed by atoms with E-state index in [1.165, 1.54) is 24.5 Å². The average molecular weight is 450 g/mol. The number of nitrogens with zero attached hydrogens (tertiary/aromatic N) is 4. The minimum absolute atomic E-state index is 0.0109. The molecule has 2 aromatic heterocycles. The monoisotopic (exact) mass is 450 g/mol. The summed E-state index contributed by atoms with van der Waals surface area (Å²) in [6.45, 7) is 4.84. The van der Waals surface area contributed by atoms with E-state index in [4.69, 9.17) is 5.73 Å². The number of rotatable bonds is 6. The fourth-order valence-electron chi connectivity index (χ4n) is 3.61. The highest BCUT2D eigenvalue weighted by atomic mass is 19.3. The molecule has 170 valence electrons. The van der Waals surface area contributed by atoms with Crippen LogP contribution in [0.4, 0.5) is 20.3 Å². The van der Waals surface area contributed by atoms with Crippen molar-refractivity contribution in [3.8, 4) is 11.3 Å². The summed E-state index contributed by atoms with van der Waals surface area (Å²) in [5.41, 5.74) is 9.21. The molecule has 9 heteroatoms. The maximum Gasteiger partial charge on any atom is 0.270 e. The number of carbonyl (C=O) groups is 1. The standard InChI is InChI=1S/C24H24F2N6O/c1-14(2)32-23-20(22(27)28-13-29-23)21(31-32)16-7-9-18(10-8-16)30-19(33)12-15-5-4-6-17(11-15)24(3,25)26/h4-11,13-14H,12H2,1-3H3,(H,30,33)(H2,27,28,29). The van der Waals surface area contributed by atoms with Crippen LogP contribution in [0.5, 0.6) is 0 Å². The molecule has 33 heavy (non-hydrogen) atoms. The lowest BCUT2D eigenvalue weighted by Crippen LogP contribution is -2.15. The van der Waals surface area contributed by atoms with Gasteiger partial charge in [-0.25, -0.2) is 23.4 Å². The Bertz CT molecular complexity index is 1310. The predicted octanol–water partition coefficient (Wildman–Crippen LogP) is 4.95. The molecular weight excluding hydrogens is 426 g/mol. The van der Waals surface area contributed by atoms with Gasteiger partial charge in [-0.2, -0.15) is 5.10 Å². The van der Waals surface area contributed by atoms with Gasteiger partial charge in [-0.05, 0) is 37.6 Å². The Labute approximate surface area is 189 Å². The van der Waals surface area contributed by atoms with Gasteiger partial charge in [0.1, 0.15) is 17.8 Å². The Morgan fingerprint density at radius 2 is 1.88 bits per heavy atom. The molecular formula is C24H24F2N6O. The zero-order valence-electron chi connectivity index (χ0n) is 18.5. The summed E-state index contributed by atoms with van der Waals surface area (Å²) in [5, 5.41) is 8.15. The van der Waals surface area contributed by atoms with Gasteiger partial charge in [0.2, 0.25) is 5.91 Å². The van der Waals surface area contributed by atoms with Crippen molar-refractivity contribution in [1.29, 1.82) is 0 Å². The van der Waals surface area contributed by atoms with E-state index in [1.807, 2.05) is 26.0 Å². The molecule has 3 N–H and O–H groups in total. The van der Waals surface area contributed by atoms with Gasteiger partial charge in [0.05, 0.1) is 11.8 Å². The van der Waals surface area contributed by atoms with Crippen molar-refractivity contribution in [3.63, 3.8) is 0 Å². The number of alkyl halides is 2. The largest absolute Gasteiger partial charge is 0.383 e. The molecule has 0 aliphatic carbocycles. The highest BCUT2D eigenvalue weighted by Crippen LogP contribution is 2.32. The van der Waals surface area contributed by atoms with Crippen LogP contribution < -0.4 is 11.1 Å². The van der Waals surface area contributed by atoms with Crippen molar-refractivity contribution >= 4 is 28.4 Å². The molecule has 4 rings (SSSR count). The molecule has 1 amide bonds. The molecule has 2 aromatic carbocycles. The van der Waals surface area contributed by atoms with Crippen molar-refractivity contribution in [2.24, 2.45) is 0 Å². The van der Waals surface area contributed by atoms with E-state index < -0.39 is 5.92 Å². The van der Waals surface area contributed by atoms with E-state index in [9.17, 15) is 13.6 Å². The molecule has 0 saturated carbocycles. The second kappa shape index (κ2) is 8.57. The number of carbonyl (C=O) groups excluding carboxylic acids is 1. The summed E-state index contributed by atoms with van der Waals surface area (Å²) in [6, 6.07) is 13.1. The Morgan fingerprint density at radius 1 is 1.15 bits per heavy atom. The third kappa shape index (κ3) is 4.67. The van der Waals surface area contributed by atoms with Gasteiger partial charge in [0.25, 0.3) is 5.92 Å². The molecule has 2 heterocycles. The van der Waals surface area contributed by atoms with E-state index in [0.29, 0.717) is 33.8 Å². The molecule has 0 bridgehead atoms. The lowest BCUT2D eigenvalue weighted by atomic mass is 10.0. The molecule has 0 saturated heterocycles. The number of halogens is 2. The van der Waals surface area contributed by atoms with Gasteiger partial charge in [-0.1, -0.05) is 30.3 Å². The Hall–Kier alpha value is -3.88. The Morgan fingerprint density at radius 3 is 2.55 bits per heavy atom. The van der Waals surface area contributed by atoms with Crippen molar-refractivity contribution in [2.75, 3.05) is 11.1 Å². The van der Waals surface area contributed by atoms with Gasteiger partial charge in [0.15, 0.2) is 5.65 Å². The minimum Gasteiger partial charge on any atom is -0.383 e. The molecule has 0 aliphatic heterocycles. The van der Waals surface area contributed by atoms with Crippen LogP contribution in [0.1, 0.15) is 37.9 Å². The topological polar surface area (TPSA) is 98.7 Å². The van der Waals surface area contributed by atoms with Crippen molar-refractivity contribution < 1.29 is 13.6 Å². The normalized spacial score (nSPS) is 11.8. The quantitative estimate of drug-likeness (QED) is 0.433. The SMILES string of the molecule is CC(C)n1nc(-c2ccc(NC(=O)Cc3cccc(C(C)(F)F)c3)cc2)c2c(N)ncnc21. The lowest BCUT2D eigenvalue weighted by Gasteiger charge is -2.12. The minimum atomic E-state index is -2.95. The van der Waals surface area contributed by atoms with Crippen LogP contribution in [0.3, 0.4) is 0 Å². The number of nitrogens with two attached hydrogens (primary N) is 1. The Balaban J connectivity index is 1.54. The van der Waals surface area contributed by atoms with Crippen LogP contribution in [0.15, 0.2) is 54.9 Å². The number of aromatic nitrogens is 4. The van der Waals surface area contributed by atoms with E-state index in [2.05, 4.69) is 20.4 Å². The maximum absolute atomic E-state index is 13.5. The number of anilines is 2. The first-order valence-corrected chi connectivity index (χ1v) is 10.5. The molecule has 0 fully saturated rings. The second-order valence-electron chi connectivity index (χ2n) is 8.24. The number of hydrogen-bond donors (Lipinski definition) is 2. The number of nitrogen functional groups attached to an aromatic ring is 1. The van der Waals surface area contributed by atoms with Crippen LogP contribution in [0.25, 0.3) is 22.3 Å². The van der Waals surface area contributed by atoms with Crippen LogP contribution in [-0.2, 0) is 17.1 Å². The Kier molecular flexibility index (Phi) is 5.80. The molecule has 0 atom stereocenters. The zero-order chi connectivity index (χ0) is 23.8. The van der Waals surface area contributed by atoms with Gasteiger partial charge < -0.3 is 11.1 Å². The number of amides is 1. The van der Waals surface area contributed by atoms with Crippen molar-refractivity contribution in [1.82, 2.24) is 19.7 Å². The summed E-state index contributed by atoms with van der Waals surface area (Å²) < 4.78 is 28.9. The van der Waals surface area contributed by atoms with E-state index >= 15 is 0 Å². The van der Waals surface area contributed by atoms with E-state index in [1.54, 1.807) is 22.9 Å². The maximum atomic E-state index is 13.5. The first kappa shape index (κ1) is 22.3. The summed E-state index contributed by atoms with van der Waals surface area (Å²) in [4.78, 5) is 20.9. The van der Waals surface area contributed by atoms with Crippen LogP contribution in [0.2, 0.25) is 0 Å². The molecule has 0 aliphatic rings. The fraction of sp³-hybridized carbons (Fsp3) is 0.250. The summed E-state index contributed by atoms with van der Waals surface area (Å²) in [7, 11) is 0. The summed E-state index contributed by atoms with van der Waals surface area (Å²) in [5.74, 6) is -2.91. The number of benzene rings is 2. The predicted molar refractivity (Wildman–Crippen MR) is 124 cm³/mol. The molecule has 4 aromatic rings. The summed E-state index contributed by atoms with van der Waals surface area (Å²) >= 11 is 0. The first-order chi connectivity index (χ1) is 15.6. The molecule has 7 nitrogen and oxygen atoms in total. The second-order valence-corrected chi connectivity index (χ2v) is 8.24. The van der Waals surface area contributed by atoms with E-state index in [-0.39, 0.29) is 23.9 Å². The number of fused-ring (bicyclic) bond motifs is 1. The zero-order valence-corrected chi connectivity index (χ0v) is 18.5. The van der Waals surface area contributed by atoms with Crippen LogP contribution in [0, 0.1) is 0 Å². The lowest BCUT2D eigenvalue weighted by molar-refractivity contribution is -0.115. The summed E-state index contributed by atoms with van der Waals surface area (Å²) in [6.07, 6.45) is 1.40. The fourth-order valence-corrected chi connectivity index (χ4v) is 3.61. The highest BCUT2D eigenvalue weighted by molar-refractivity contribution is 5.98. The highest BCUT2D eigenvalue weighted by Gasteiger charge is 2.24. The molecule has 0 unspecified atom stereocenters. The third-order valence-corrected chi connectivity index (χ3v) is 5.25. The molecule has 0 radical (unpaired) electrons. The van der Waals surface area contributed by atoms with Crippen molar-refractivity contribution in [3.05, 3.63) is 66.0 Å². The van der Waals surface area contributed by atoms with Gasteiger partial charge in [-0.15, -0.1) is 0 Å². The molecule has 0 spiro atoms. The van der Waals surface area contributed by atoms with Gasteiger partial charge in [0, 0.05) is 29.8 Å². The van der Waals surface area contributed by atoms with Crippen LogP contribution >= 0.6 is 0 Å². The third-order valence-electron chi connectivity index (χ3n) is 5.25. The van der Waals surface area contributed by atoms with Crippen molar-refractivity contribution in [2.45, 2.75) is 39.2 Å². The van der Waals surface area contributed by atoms with Gasteiger partial charge >= 0.3 is 0 Å².